The van der Waals surface area contributed by atoms with Crippen molar-refractivity contribution < 1.29 is 9.00 Å². The summed E-state index contributed by atoms with van der Waals surface area (Å²) in [6.45, 7) is 0. The highest BCUT2D eigenvalue weighted by molar-refractivity contribution is 8.00. The Morgan fingerprint density at radius 3 is 2.23 bits per heavy atom. The van der Waals surface area contributed by atoms with Crippen LogP contribution in [-0.2, 0) is 10.8 Å². The van der Waals surface area contributed by atoms with Crippen LogP contribution in [-0.4, -0.2) is 28.4 Å². The Bertz CT molecular complexity index is 322. The first-order valence-corrected chi connectivity index (χ1v) is 4.96. The highest BCUT2D eigenvalue weighted by Gasteiger charge is 2.14. The Hall–Kier alpha value is -1.16. The van der Waals surface area contributed by atoms with Crippen molar-refractivity contribution >= 4 is 16.0 Å². The van der Waals surface area contributed by atoms with Gasteiger partial charge in [0.15, 0.2) is 0 Å². The van der Waals surface area contributed by atoms with Crippen LogP contribution in [0.5, 0.6) is 0 Å². The van der Waals surface area contributed by atoms with Crippen molar-refractivity contribution in [1.82, 2.24) is 4.90 Å². The van der Waals surface area contributed by atoms with Crippen LogP contribution >= 0.6 is 0 Å². The molecule has 0 radical (unpaired) electrons. The predicted octanol–water partition coefficient (Wildman–Crippen LogP) is 1.48. The van der Waals surface area contributed by atoms with Gasteiger partial charge in [0.1, 0.15) is 10.8 Å². The zero-order valence-electron chi connectivity index (χ0n) is 7.56. The lowest BCUT2D eigenvalue weighted by molar-refractivity contribution is 0.240. The van der Waals surface area contributed by atoms with E-state index >= 15 is 0 Å². The van der Waals surface area contributed by atoms with E-state index in [4.69, 9.17) is 0 Å². The van der Waals surface area contributed by atoms with Crippen LogP contribution in [0, 0.1) is 0 Å². The molecule has 4 heteroatoms. The van der Waals surface area contributed by atoms with E-state index in [0.29, 0.717) is 4.90 Å². The van der Waals surface area contributed by atoms with Crippen LogP contribution in [0.2, 0.25) is 0 Å². The molecule has 1 aromatic carbocycles. The molecule has 1 amide bonds. The number of benzene rings is 1. The molecule has 1 atom stereocenters. The van der Waals surface area contributed by atoms with Gasteiger partial charge in [0.25, 0.3) is 0 Å². The second-order valence-corrected chi connectivity index (χ2v) is 4.10. The fourth-order valence-corrected chi connectivity index (χ4v) is 1.75. The molecular weight excluding hydrogens is 186 g/mol. The molecule has 3 nitrogen and oxygen atoms in total. The molecule has 0 aliphatic carbocycles. The fourth-order valence-electron chi connectivity index (χ4n) is 0.811. The standard InChI is InChI=1S/C9H11NO2S/c1-10(2)9(11)13(12)8-6-4-3-5-7-8/h3-7H,1-2H3. The van der Waals surface area contributed by atoms with E-state index in [1.807, 2.05) is 6.07 Å². The highest BCUT2D eigenvalue weighted by Crippen LogP contribution is 2.07. The van der Waals surface area contributed by atoms with Gasteiger partial charge in [-0.1, -0.05) is 18.2 Å². The summed E-state index contributed by atoms with van der Waals surface area (Å²) in [5, 5.41) is -0.383. The van der Waals surface area contributed by atoms with Crippen LogP contribution in [0.3, 0.4) is 0 Å². The number of nitrogens with zero attached hydrogens (tertiary/aromatic N) is 1. The lowest BCUT2D eigenvalue weighted by Gasteiger charge is -2.08. The van der Waals surface area contributed by atoms with E-state index < -0.39 is 10.8 Å². The van der Waals surface area contributed by atoms with Gasteiger partial charge in [0, 0.05) is 19.0 Å². The van der Waals surface area contributed by atoms with Crippen LogP contribution in [0.1, 0.15) is 0 Å². The first kappa shape index (κ1) is 9.92. The molecule has 0 saturated heterocycles. The predicted molar refractivity (Wildman–Crippen MR) is 51.9 cm³/mol. The molecule has 0 fully saturated rings. The number of hydrogen-bond acceptors (Lipinski definition) is 2. The van der Waals surface area contributed by atoms with Crippen LogP contribution < -0.4 is 0 Å². The zero-order valence-corrected chi connectivity index (χ0v) is 8.38. The fraction of sp³-hybridized carbons (Fsp3) is 0.222. The lowest BCUT2D eigenvalue weighted by atomic mass is 10.4. The van der Waals surface area contributed by atoms with Gasteiger partial charge < -0.3 is 4.90 Å². The van der Waals surface area contributed by atoms with Crippen LogP contribution in [0.4, 0.5) is 4.79 Å². The molecule has 0 spiro atoms. The summed E-state index contributed by atoms with van der Waals surface area (Å²) in [4.78, 5) is 13.1. The summed E-state index contributed by atoms with van der Waals surface area (Å²) in [5.41, 5.74) is 0. The summed E-state index contributed by atoms with van der Waals surface area (Å²) in [6, 6.07) is 8.70. The minimum Gasteiger partial charge on any atom is -0.337 e. The smallest absolute Gasteiger partial charge is 0.316 e. The third-order valence-electron chi connectivity index (χ3n) is 1.48. The number of hydrogen-bond donors (Lipinski definition) is 0. The van der Waals surface area contributed by atoms with Gasteiger partial charge in [0.05, 0.1) is 0 Å². The summed E-state index contributed by atoms with van der Waals surface area (Å²) < 4.78 is 11.5. The van der Waals surface area contributed by atoms with E-state index in [2.05, 4.69) is 0 Å². The van der Waals surface area contributed by atoms with Gasteiger partial charge in [-0.2, -0.15) is 0 Å². The molecule has 0 aromatic heterocycles. The van der Waals surface area contributed by atoms with Gasteiger partial charge >= 0.3 is 5.24 Å². The van der Waals surface area contributed by atoms with Gasteiger partial charge in [-0.15, -0.1) is 0 Å². The molecule has 0 N–H and O–H groups in total. The van der Waals surface area contributed by atoms with Crippen molar-refractivity contribution in [3.8, 4) is 0 Å². The number of carbonyl (C=O) groups excluding carboxylic acids is 1. The SMILES string of the molecule is CN(C)C(=O)S(=O)c1ccccc1. The van der Waals surface area contributed by atoms with E-state index in [-0.39, 0.29) is 5.24 Å². The molecule has 0 saturated carbocycles. The Labute approximate surface area is 79.8 Å². The largest absolute Gasteiger partial charge is 0.337 e. The molecule has 1 unspecified atom stereocenters. The average molecular weight is 197 g/mol. The van der Waals surface area contributed by atoms with E-state index in [1.165, 1.54) is 4.90 Å². The molecule has 0 aliphatic heterocycles. The molecular formula is C9H11NO2S. The van der Waals surface area contributed by atoms with E-state index in [0.717, 1.165) is 0 Å². The second kappa shape index (κ2) is 4.18. The molecule has 0 aliphatic rings. The van der Waals surface area contributed by atoms with Crippen LogP contribution in [0.15, 0.2) is 35.2 Å². The molecule has 70 valence electrons. The molecule has 0 bridgehead atoms. The van der Waals surface area contributed by atoms with Crippen molar-refractivity contribution in [3.63, 3.8) is 0 Å². The van der Waals surface area contributed by atoms with Crippen molar-refractivity contribution in [3.05, 3.63) is 30.3 Å². The summed E-state index contributed by atoms with van der Waals surface area (Å²) in [6.07, 6.45) is 0. The number of amides is 1. The minimum absolute atomic E-state index is 0.383. The molecule has 1 rings (SSSR count). The van der Waals surface area contributed by atoms with Crippen molar-refractivity contribution in [2.45, 2.75) is 4.90 Å². The summed E-state index contributed by atoms with van der Waals surface area (Å²) >= 11 is 0. The van der Waals surface area contributed by atoms with Crippen molar-refractivity contribution in [1.29, 1.82) is 0 Å². The van der Waals surface area contributed by atoms with E-state index in [9.17, 15) is 9.00 Å². The van der Waals surface area contributed by atoms with Crippen LogP contribution in [0.25, 0.3) is 0 Å². The van der Waals surface area contributed by atoms with Gasteiger partial charge in [0.2, 0.25) is 0 Å². The maximum atomic E-state index is 11.5. The van der Waals surface area contributed by atoms with E-state index in [1.54, 1.807) is 38.4 Å². The monoisotopic (exact) mass is 197 g/mol. The Kier molecular flexibility index (Phi) is 3.19. The highest BCUT2D eigenvalue weighted by atomic mass is 32.2. The Morgan fingerprint density at radius 2 is 1.77 bits per heavy atom. The minimum atomic E-state index is -1.57. The maximum Gasteiger partial charge on any atom is 0.316 e. The average Bonchev–Trinajstić information content (AvgIpc) is 2.17. The Morgan fingerprint density at radius 1 is 1.23 bits per heavy atom. The number of carbonyl (C=O) groups is 1. The van der Waals surface area contributed by atoms with Crippen molar-refractivity contribution in [2.24, 2.45) is 0 Å². The summed E-state index contributed by atoms with van der Waals surface area (Å²) in [7, 11) is 1.60. The molecule has 13 heavy (non-hydrogen) atoms. The third kappa shape index (κ3) is 2.39. The zero-order chi connectivity index (χ0) is 9.84. The molecule has 0 heterocycles. The first-order chi connectivity index (χ1) is 6.13. The van der Waals surface area contributed by atoms with Crippen molar-refractivity contribution in [2.75, 3.05) is 14.1 Å². The first-order valence-electron chi connectivity index (χ1n) is 3.81. The Balaban J connectivity index is 2.87. The van der Waals surface area contributed by atoms with Gasteiger partial charge in [-0.25, -0.2) is 4.21 Å². The van der Waals surface area contributed by atoms with Gasteiger partial charge in [-0.05, 0) is 12.1 Å². The molecule has 1 aromatic rings. The maximum absolute atomic E-state index is 11.5. The lowest BCUT2D eigenvalue weighted by Crippen LogP contribution is -2.24. The number of rotatable bonds is 1. The summed E-state index contributed by atoms with van der Waals surface area (Å²) in [5.74, 6) is 0. The van der Waals surface area contributed by atoms with Gasteiger partial charge in [-0.3, -0.25) is 4.79 Å². The third-order valence-corrected chi connectivity index (χ3v) is 2.86. The normalized spacial score (nSPS) is 12.2. The second-order valence-electron chi connectivity index (χ2n) is 2.74. The quantitative estimate of drug-likeness (QED) is 0.683. The topological polar surface area (TPSA) is 37.4 Å².